The number of methoxy groups -OCH3 is 1. The number of aromatic nitrogens is 2. The average molecular weight is 505 g/mol. The third kappa shape index (κ3) is 6.49. The molecular weight excluding hydrogens is 477 g/mol. The van der Waals surface area contributed by atoms with Gasteiger partial charge in [-0.3, -0.25) is 4.99 Å². The first-order chi connectivity index (χ1) is 13.7. The molecule has 0 radical (unpaired) electrons. The first-order valence-corrected chi connectivity index (χ1v) is 9.38. The third-order valence-electron chi connectivity index (χ3n) is 4.59. The lowest BCUT2D eigenvalue weighted by Gasteiger charge is -2.16. The Balaban J connectivity index is 0.00000300. The van der Waals surface area contributed by atoms with Crippen LogP contribution < -0.4 is 15.4 Å². The molecule has 3 rings (SSSR count). The quantitative estimate of drug-likeness (QED) is 0.290. The van der Waals surface area contributed by atoms with Gasteiger partial charge in [0.2, 0.25) is 0 Å². The van der Waals surface area contributed by atoms with E-state index >= 15 is 0 Å². The molecule has 0 aliphatic carbocycles. The van der Waals surface area contributed by atoms with Crippen LogP contribution in [0.5, 0.6) is 5.75 Å². The van der Waals surface area contributed by atoms with Crippen molar-refractivity contribution in [2.45, 2.75) is 19.4 Å². The topological polar surface area (TPSA) is 63.5 Å². The maximum absolute atomic E-state index is 5.20. The normalized spacial score (nSPS) is 12.0. The van der Waals surface area contributed by atoms with Crippen LogP contribution in [0.2, 0.25) is 0 Å². The van der Waals surface area contributed by atoms with E-state index in [1.807, 2.05) is 47.3 Å². The van der Waals surface area contributed by atoms with Crippen LogP contribution in [0.3, 0.4) is 0 Å². The van der Waals surface area contributed by atoms with Gasteiger partial charge in [-0.25, -0.2) is 4.68 Å². The summed E-state index contributed by atoms with van der Waals surface area (Å²) in [6, 6.07) is 20.3. The molecule has 154 valence electrons. The zero-order chi connectivity index (χ0) is 19.8. The molecule has 0 saturated heterocycles. The van der Waals surface area contributed by atoms with E-state index in [1.54, 1.807) is 14.2 Å². The summed E-state index contributed by atoms with van der Waals surface area (Å²) in [6.45, 7) is 3.61. The van der Waals surface area contributed by atoms with Gasteiger partial charge in [-0.15, -0.1) is 24.0 Å². The van der Waals surface area contributed by atoms with Crippen molar-refractivity contribution in [2.75, 3.05) is 20.7 Å². The molecular formula is C22H28IN5O. The van der Waals surface area contributed by atoms with Gasteiger partial charge in [0.15, 0.2) is 5.96 Å². The van der Waals surface area contributed by atoms with Crippen LogP contribution in [0.25, 0.3) is 5.69 Å². The Hall–Kier alpha value is -2.55. The van der Waals surface area contributed by atoms with Gasteiger partial charge in [0, 0.05) is 19.8 Å². The number of nitrogens with zero attached hydrogens (tertiary/aromatic N) is 3. The van der Waals surface area contributed by atoms with E-state index in [0.717, 1.165) is 29.6 Å². The van der Waals surface area contributed by atoms with Gasteiger partial charge in [-0.05, 0) is 41.8 Å². The molecule has 1 heterocycles. The van der Waals surface area contributed by atoms with E-state index in [4.69, 9.17) is 4.74 Å². The zero-order valence-corrected chi connectivity index (χ0v) is 19.3. The van der Waals surface area contributed by atoms with Gasteiger partial charge in [-0.1, -0.05) is 37.3 Å². The van der Waals surface area contributed by atoms with Crippen LogP contribution >= 0.6 is 24.0 Å². The van der Waals surface area contributed by atoms with E-state index in [-0.39, 0.29) is 24.0 Å². The molecule has 0 fully saturated rings. The summed E-state index contributed by atoms with van der Waals surface area (Å²) in [5.74, 6) is 1.99. The highest BCUT2D eigenvalue weighted by molar-refractivity contribution is 14.0. The molecule has 1 aromatic heterocycles. The van der Waals surface area contributed by atoms with Gasteiger partial charge >= 0.3 is 0 Å². The minimum atomic E-state index is 0. The fourth-order valence-electron chi connectivity index (χ4n) is 2.88. The first kappa shape index (κ1) is 22.7. The molecule has 0 amide bonds. The summed E-state index contributed by atoms with van der Waals surface area (Å²) in [4.78, 5) is 4.30. The second-order valence-electron chi connectivity index (χ2n) is 6.57. The predicted octanol–water partition coefficient (Wildman–Crippen LogP) is 3.97. The van der Waals surface area contributed by atoms with Gasteiger partial charge in [-0.2, -0.15) is 5.10 Å². The highest BCUT2D eigenvalue weighted by Gasteiger charge is 2.07. The van der Waals surface area contributed by atoms with Crippen LogP contribution in [-0.4, -0.2) is 36.4 Å². The van der Waals surface area contributed by atoms with Gasteiger partial charge in [0.05, 0.1) is 25.0 Å². The molecule has 3 aromatic rings. The van der Waals surface area contributed by atoms with Gasteiger partial charge < -0.3 is 15.4 Å². The molecule has 1 unspecified atom stereocenters. The highest BCUT2D eigenvalue weighted by atomic mass is 127. The van der Waals surface area contributed by atoms with Crippen molar-refractivity contribution in [1.82, 2.24) is 20.4 Å². The number of halogens is 1. The van der Waals surface area contributed by atoms with E-state index in [9.17, 15) is 0 Å². The lowest BCUT2D eigenvalue weighted by Crippen LogP contribution is -2.38. The summed E-state index contributed by atoms with van der Waals surface area (Å²) < 4.78 is 7.05. The Morgan fingerprint density at radius 3 is 2.45 bits per heavy atom. The molecule has 0 aliphatic heterocycles. The molecule has 7 heteroatoms. The monoisotopic (exact) mass is 505 g/mol. The first-order valence-electron chi connectivity index (χ1n) is 9.38. The minimum absolute atomic E-state index is 0. The summed E-state index contributed by atoms with van der Waals surface area (Å²) in [5, 5.41) is 11.3. The molecule has 2 aromatic carbocycles. The van der Waals surface area contributed by atoms with Crippen molar-refractivity contribution in [1.29, 1.82) is 0 Å². The molecule has 0 bridgehead atoms. The second-order valence-corrected chi connectivity index (χ2v) is 6.57. The van der Waals surface area contributed by atoms with Crippen molar-refractivity contribution >= 4 is 29.9 Å². The van der Waals surface area contributed by atoms with E-state index in [0.29, 0.717) is 12.5 Å². The smallest absolute Gasteiger partial charge is 0.191 e. The Bertz CT molecular complexity index is 893. The Morgan fingerprint density at radius 2 is 1.79 bits per heavy atom. The molecule has 2 N–H and O–H groups in total. The van der Waals surface area contributed by atoms with Crippen molar-refractivity contribution in [3.63, 3.8) is 0 Å². The number of hydrogen-bond acceptors (Lipinski definition) is 3. The van der Waals surface area contributed by atoms with Crippen LogP contribution in [0.15, 0.2) is 71.9 Å². The molecule has 0 saturated carbocycles. The van der Waals surface area contributed by atoms with Crippen LogP contribution in [0.1, 0.15) is 24.1 Å². The fraction of sp³-hybridized carbons (Fsp3) is 0.273. The van der Waals surface area contributed by atoms with Crippen LogP contribution in [-0.2, 0) is 6.54 Å². The maximum atomic E-state index is 5.20. The number of ether oxygens (including phenoxy) is 1. The Morgan fingerprint density at radius 1 is 1.07 bits per heavy atom. The summed E-state index contributed by atoms with van der Waals surface area (Å²) in [6.07, 6.45) is 1.95. The number of nitrogens with one attached hydrogen (secondary N) is 2. The summed E-state index contributed by atoms with van der Waals surface area (Å²) >= 11 is 0. The molecule has 29 heavy (non-hydrogen) atoms. The lowest BCUT2D eigenvalue weighted by atomic mass is 10.0. The number of rotatable bonds is 7. The largest absolute Gasteiger partial charge is 0.497 e. The second kappa shape index (κ2) is 11.5. The molecule has 0 spiro atoms. The molecule has 1 atom stereocenters. The minimum Gasteiger partial charge on any atom is -0.497 e. The lowest BCUT2D eigenvalue weighted by molar-refractivity contribution is 0.414. The van der Waals surface area contributed by atoms with E-state index in [2.05, 4.69) is 51.9 Å². The van der Waals surface area contributed by atoms with Crippen LogP contribution in [0, 0.1) is 0 Å². The highest BCUT2D eigenvalue weighted by Crippen LogP contribution is 2.15. The maximum Gasteiger partial charge on any atom is 0.191 e. The Kier molecular flexibility index (Phi) is 8.98. The van der Waals surface area contributed by atoms with Crippen LogP contribution in [0.4, 0.5) is 0 Å². The number of aliphatic imine (C=N–C) groups is 1. The van der Waals surface area contributed by atoms with Gasteiger partial charge in [0.25, 0.3) is 0 Å². The summed E-state index contributed by atoms with van der Waals surface area (Å²) in [7, 11) is 3.44. The fourth-order valence-corrected chi connectivity index (χ4v) is 2.88. The number of guanidine groups is 1. The molecule has 0 aliphatic rings. The van der Waals surface area contributed by atoms with E-state index in [1.165, 1.54) is 5.56 Å². The molecule has 6 nitrogen and oxygen atoms in total. The summed E-state index contributed by atoms with van der Waals surface area (Å²) in [5.41, 5.74) is 3.24. The van der Waals surface area contributed by atoms with Crippen molar-refractivity contribution in [2.24, 2.45) is 4.99 Å². The zero-order valence-electron chi connectivity index (χ0n) is 17.0. The Labute approximate surface area is 189 Å². The van der Waals surface area contributed by atoms with Gasteiger partial charge in [0.1, 0.15) is 5.75 Å². The number of hydrogen-bond donors (Lipinski definition) is 2. The third-order valence-corrected chi connectivity index (χ3v) is 4.59. The van der Waals surface area contributed by atoms with Crippen molar-refractivity contribution < 1.29 is 4.74 Å². The SMILES string of the molecule is CN=C(NCc1ccn(-c2ccc(OC)cc2)n1)NCC(C)c1ccccc1.I. The van der Waals surface area contributed by atoms with Crippen molar-refractivity contribution in [3.8, 4) is 11.4 Å². The standard InChI is InChI=1S/C22H27N5O.HI/c1-17(18-7-5-4-6-8-18)15-24-22(23-2)25-16-19-13-14-27(26-19)20-9-11-21(28-3)12-10-20;/h4-14,17H,15-16H2,1-3H3,(H2,23,24,25);1H. The van der Waals surface area contributed by atoms with Crippen molar-refractivity contribution in [3.05, 3.63) is 78.1 Å². The predicted molar refractivity (Wildman–Crippen MR) is 129 cm³/mol. The average Bonchev–Trinajstić information content (AvgIpc) is 3.23. The van der Waals surface area contributed by atoms with E-state index < -0.39 is 0 Å². The number of benzene rings is 2.